The Balaban J connectivity index is 2.64. The third kappa shape index (κ3) is 1.79. The van der Waals surface area contributed by atoms with Crippen molar-refractivity contribution in [2.24, 2.45) is 7.05 Å². The molecular formula is C11H10ClF2NO. The SMILES string of the molecule is Cn1cc(C(O)C(F)F)c2ccc(Cl)cc21. The molecule has 2 aromatic rings. The van der Waals surface area contributed by atoms with Crippen molar-refractivity contribution in [1.29, 1.82) is 0 Å². The topological polar surface area (TPSA) is 25.2 Å². The van der Waals surface area contributed by atoms with E-state index in [-0.39, 0.29) is 5.56 Å². The van der Waals surface area contributed by atoms with E-state index in [0.29, 0.717) is 10.4 Å². The van der Waals surface area contributed by atoms with E-state index in [1.54, 1.807) is 29.8 Å². The predicted molar refractivity (Wildman–Crippen MR) is 58.9 cm³/mol. The van der Waals surface area contributed by atoms with Gasteiger partial charge in [-0.05, 0) is 12.1 Å². The molecule has 0 spiro atoms. The fourth-order valence-corrected chi connectivity index (χ4v) is 1.93. The third-order valence-electron chi connectivity index (χ3n) is 2.54. The summed E-state index contributed by atoms with van der Waals surface area (Å²) >= 11 is 5.82. The molecule has 0 aliphatic rings. The van der Waals surface area contributed by atoms with E-state index in [4.69, 9.17) is 11.6 Å². The zero-order valence-electron chi connectivity index (χ0n) is 8.49. The Kier molecular flexibility index (Phi) is 2.86. The van der Waals surface area contributed by atoms with Gasteiger partial charge in [0.2, 0.25) is 0 Å². The molecule has 0 saturated carbocycles. The Bertz CT molecular complexity index is 524. The second kappa shape index (κ2) is 4.03. The molecule has 1 N–H and O–H groups in total. The van der Waals surface area contributed by atoms with Crippen molar-refractivity contribution in [3.8, 4) is 0 Å². The molecule has 5 heteroatoms. The normalized spacial score (nSPS) is 13.6. The van der Waals surface area contributed by atoms with Crippen LogP contribution in [-0.2, 0) is 7.05 Å². The quantitative estimate of drug-likeness (QED) is 0.864. The van der Waals surface area contributed by atoms with Crippen molar-refractivity contribution in [3.63, 3.8) is 0 Å². The van der Waals surface area contributed by atoms with Crippen LogP contribution in [0, 0.1) is 0 Å². The molecule has 2 nitrogen and oxygen atoms in total. The van der Waals surface area contributed by atoms with Crippen LogP contribution in [0.3, 0.4) is 0 Å². The molecule has 16 heavy (non-hydrogen) atoms. The van der Waals surface area contributed by atoms with Crippen molar-refractivity contribution in [1.82, 2.24) is 4.57 Å². The molecule has 1 unspecified atom stereocenters. The number of aryl methyl sites for hydroxylation is 1. The first-order valence-corrected chi connectivity index (χ1v) is 5.09. The van der Waals surface area contributed by atoms with Gasteiger partial charge in [0.15, 0.2) is 0 Å². The third-order valence-corrected chi connectivity index (χ3v) is 2.78. The molecule has 1 aromatic carbocycles. The zero-order chi connectivity index (χ0) is 11.9. The minimum atomic E-state index is -2.79. The van der Waals surface area contributed by atoms with Gasteiger partial charge in [0.1, 0.15) is 6.10 Å². The van der Waals surface area contributed by atoms with Gasteiger partial charge in [-0.1, -0.05) is 17.7 Å². The molecule has 0 amide bonds. The smallest absolute Gasteiger partial charge is 0.268 e. The molecule has 0 fully saturated rings. The molecule has 1 heterocycles. The first kappa shape index (κ1) is 11.4. The first-order valence-electron chi connectivity index (χ1n) is 4.71. The zero-order valence-corrected chi connectivity index (χ0v) is 9.25. The number of hydrogen-bond acceptors (Lipinski definition) is 1. The lowest BCUT2D eigenvalue weighted by Gasteiger charge is -2.07. The average molecular weight is 246 g/mol. The van der Waals surface area contributed by atoms with Gasteiger partial charge in [-0.2, -0.15) is 0 Å². The minimum absolute atomic E-state index is 0.226. The minimum Gasteiger partial charge on any atom is -0.382 e. The van der Waals surface area contributed by atoms with Crippen LogP contribution in [0.15, 0.2) is 24.4 Å². The summed E-state index contributed by atoms with van der Waals surface area (Å²) in [6, 6.07) is 4.93. The maximum Gasteiger partial charge on any atom is 0.268 e. The van der Waals surface area contributed by atoms with Gasteiger partial charge >= 0.3 is 0 Å². The summed E-state index contributed by atoms with van der Waals surface area (Å²) in [6.07, 6.45) is -3.05. The van der Waals surface area contributed by atoms with Crippen molar-refractivity contribution in [2.45, 2.75) is 12.5 Å². The standard InChI is InChI=1S/C11H10ClF2NO/c1-15-5-8(10(16)11(13)14)7-3-2-6(12)4-9(7)15/h2-5,10-11,16H,1H3. The number of rotatable bonds is 2. The van der Waals surface area contributed by atoms with Crippen LogP contribution in [0.1, 0.15) is 11.7 Å². The van der Waals surface area contributed by atoms with E-state index in [9.17, 15) is 13.9 Å². The Morgan fingerprint density at radius 2 is 2.06 bits per heavy atom. The van der Waals surface area contributed by atoms with E-state index in [2.05, 4.69) is 0 Å². The number of halogens is 3. The van der Waals surface area contributed by atoms with E-state index < -0.39 is 12.5 Å². The van der Waals surface area contributed by atoms with Gasteiger partial charge in [0.25, 0.3) is 6.43 Å². The van der Waals surface area contributed by atoms with Gasteiger partial charge in [-0.3, -0.25) is 0 Å². The van der Waals surface area contributed by atoms with Crippen LogP contribution < -0.4 is 0 Å². The van der Waals surface area contributed by atoms with Gasteiger partial charge in [-0.15, -0.1) is 0 Å². The molecule has 0 bridgehead atoms. The number of fused-ring (bicyclic) bond motifs is 1. The van der Waals surface area contributed by atoms with E-state index in [1.807, 2.05) is 0 Å². The van der Waals surface area contributed by atoms with E-state index in [1.165, 1.54) is 6.20 Å². The number of aliphatic hydroxyl groups is 1. The highest BCUT2D eigenvalue weighted by atomic mass is 35.5. The van der Waals surface area contributed by atoms with Crippen LogP contribution >= 0.6 is 11.6 Å². The van der Waals surface area contributed by atoms with Gasteiger partial charge in [0.05, 0.1) is 0 Å². The van der Waals surface area contributed by atoms with Gasteiger partial charge in [0, 0.05) is 34.7 Å². The molecule has 1 atom stereocenters. The Hall–Kier alpha value is -1.13. The molecule has 86 valence electrons. The van der Waals surface area contributed by atoms with Crippen molar-refractivity contribution >= 4 is 22.5 Å². The van der Waals surface area contributed by atoms with E-state index >= 15 is 0 Å². The maximum atomic E-state index is 12.4. The summed E-state index contributed by atoms with van der Waals surface area (Å²) in [6.45, 7) is 0. The molecule has 0 radical (unpaired) electrons. The van der Waals surface area contributed by atoms with Crippen LogP contribution in [0.4, 0.5) is 8.78 Å². The number of aliphatic hydroxyl groups excluding tert-OH is 1. The van der Waals surface area contributed by atoms with Crippen LogP contribution in [-0.4, -0.2) is 16.1 Å². The molecule has 0 aliphatic carbocycles. The number of nitrogens with zero attached hydrogens (tertiary/aromatic N) is 1. The summed E-state index contributed by atoms with van der Waals surface area (Å²) in [5.41, 5.74) is 0.950. The fraction of sp³-hybridized carbons (Fsp3) is 0.273. The number of alkyl halides is 2. The molecule has 0 aliphatic heterocycles. The van der Waals surface area contributed by atoms with Gasteiger partial charge in [-0.25, -0.2) is 8.78 Å². The summed E-state index contributed by atoms with van der Waals surface area (Å²) in [4.78, 5) is 0. The summed E-state index contributed by atoms with van der Waals surface area (Å²) in [5.74, 6) is 0. The van der Waals surface area contributed by atoms with Crippen LogP contribution in [0.2, 0.25) is 5.02 Å². The van der Waals surface area contributed by atoms with Crippen LogP contribution in [0.5, 0.6) is 0 Å². The Morgan fingerprint density at radius 3 is 2.69 bits per heavy atom. The highest BCUT2D eigenvalue weighted by Crippen LogP contribution is 2.30. The molecule has 2 rings (SSSR count). The monoisotopic (exact) mass is 245 g/mol. The van der Waals surface area contributed by atoms with Crippen molar-refractivity contribution < 1.29 is 13.9 Å². The second-order valence-corrected chi connectivity index (χ2v) is 4.07. The summed E-state index contributed by atoms with van der Waals surface area (Å²) < 4.78 is 26.6. The van der Waals surface area contributed by atoms with Crippen molar-refractivity contribution in [2.75, 3.05) is 0 Å². The lowest BCUT2D eigenvalue weighted by molar-refractivity contribution is -0.00502. The number of hydrogen-bond donors (Lipinski definition) is 1. The second-order valence-electron chi connectivity index (χ2n) is 3.64. The number of aromatic nitrogens is 1. The lowest BCUT2D eigenvalue weighted by atomic mass is 10.1. The fourth-order valence-electron chi connectivity index (χ4n) is 1.76. The van der Waals surface area contributed by atoms with Crippen LogP contribution in [0.25, 0.3) is 10.9 Å². The highest BCUT2D eigenvalue weighted by Gasteiger charge is 2.23. The maximum absolute atomic E-state index is 12.4. The molecule has 0 saturated heterocycles. The van der Waals surface area contributed by atoms with Gasteiger partial charge < -0.3 is 9.67 Å². The first-order chi connectivity index (χ1) is 7.50. The number of benzene rings is 1. The highest BCUT2D eigenvalue weighted by molar-refractivity contribution is 6.31. The summed E-state index contributed by atoms with van der Waals surface area (Å²) in [5, 5.41) is 10.5. The summed E-state index contributed by atoms with van der Waals surface area (Å²) in [7, 11) is 1.72. The predicted octanol–water partition coefficient (Wildman–Crippen LogP) is 3.13. The Morgan fingerprint density at radius 1 is 1.38 bits per heavy atom. The Labute approximate surface area is 96.1 Å². The van der Waals surface area contributed by atoms with E-state index in [0.717, 1.165) is 5.52 Å². The largest absolute Gasteiger partial charge is 0.382 e. The lowest BCUT2D eigenvalue weighted by Crippen LogP contribution is -2.07. The van der Waals surface area contributed by atoms with Crippen molar-refractivity contribution in [3.05, 3.63) is 35.0 Å². The average Bonchev–Trinajstić information content (AvgIpc) is 2.55. The molecule has 1 aromatic heterocycles. The molecular weight excluding hydrogens is 236 g/mol.